The number of hydrogen-bond acceptors (Lipinski definition) is 3. The molecule has 1 aromatic carbocycles. The van der Waals surface area contributed by atoms with Gasteiger partial charge in [-0.1, -0.05) is 6.42 Å². The molecule has 1 saturated carbocycles. The van der Waals surface area contributed by atoms with E-state index in [4.69, 9.17) is 5.73 Å². The number of hydrogen-bond donors (Lipinski definition) is 2. The molecule has 0 saturated heterocycles. The van der Waals surface area contributed by atoms with Gasteiger partial charge in [-0.3, -0.25) is 4.79 Å². The molecule has 18 heavy (non-hydrogen) atoms. The van der Waals surface area contributed by atoms with E-state index in [0.717, 1.165) is 17.7 Å². The number of nitrogen functional groups attached to an aromatic ring is 1. The zero-order valence-corrected chi connectivity index (χ0v) is 11.8. The van der Waals surface area contributed by atoms with Gasteiger partial charge in [-0.15, -0.1) is 0 Å². The Morgan fingerprint density at radius 2 is 2.22 bits per heavy atom. The zero-order chi connectivity index (χ0) is 13.2. The minimum atomic E-state index is 0.00725. The lowest BCUT2D eigenvalue weighted by molar-refractivity contribution is 0.0943. The van der Waals surface area contributed by atoms with Crippen molar-refractivity contribution in [2.45, 2.75) is 30.9 Å². The van der Waals surface area contributed by atoms with Crippen molar-refractivity contribution in [3.63, 3.8) is 0 Å². The maximum atomic E-state index is 12.1. The van der Waals surface area contributed by atoms with E-state index in [1.807, 2.05) is 24.8 Å². The second-order valence-corrected chi connectivity index (χ2v) is 6.27. The van der Waals surface area contributed by atoms with Crippen LogP contribution in [0.2, 0.25) is 0 Å². The molecule has 0 aliphatic heterocycles. The fourth-order valence-corrected chi connectivity index (χ4v) is 3.22. The number of nitrogens with one attached hydrogen (secondary N) is 1. The molecule has 0 unspecified atom stereocenters. The topological polar surface area (TPSA) is 55.1 Å². The van der Waals surface area contributed by atoms with Gasteiger partial charge in [-0.2, -0.15) is 11.8 Å². The number of amides is 1. The monoisotopic (exact) mass is 264 g/mol. The van der Waals surface area contributed by atoms with Crippen LogP contribution in [0.25, 0.3) is 0 Å². The van der Waals surface area contributed by atoms with Crippen molar-refractivity contribution in [3.05, 3.63) is 29.3 Å². The second-order valence-electron chi connectivity index (χ2n) is 5.00. The normalized spacial score (nSPS) is 17.0. The van der Waals surface area contributed by atoms with Gasteiger partial charge in [-0.25, -0.2) is 0 Å². The van der Waals surface area contributed by atoms with Crippen LogP contribution in [0, 0.1) is 6.92 Å². The summed E-state index contributed by atoms with van der Waals surface area (Å²) in [5.41, 5.74) is 8.04. The van der Waals surface area contributed by atoms with Gasteiger partial charge in [0.05, 0.1) is 0 Å². The molecule has 0 aromatic heterocycles. The number of nitrogens with two attached hydrogens (primary N) is 1. The Morgan fingerprint density at radius 3 is 2.72 bits per heavy atom. The third kappa shape index (κ3) is 2.64. The van der Waals surface area contributed by atoms with Gasteiger partial charge >= 0.3 is 0 Å². The van der Waals surface area contributed by atoms with Crippen molar-refractivity contribution >= 4 is 23.4 Å². The first-order chi connectivity index (χ1) is 8.56. The summed E-state index contributed by atoms with van der Waals surface area (Å²) in [7, 11) is 0. The number of benzene rings is 1. The molecule has 1 amide bonds. The fraction of sp³-hybridized carbons (Fsp3) is 0.500. The van der Waals surface area contributed by atoms with E-state index in [1.54, 1.807) is 12.1 Å². The lowest BCUT2D eigenvalue weighted by Crippen LogP contribution is -2.45. The first kappa shape index (κ1) is 13.3. The lowest BCUT2D eigenvalue weighted by atomic mass is 9.84. The Balaban J connectivity index is 1.99. The zero-order valence-electron chi connectivity index (χ0n) is 11.0. The van der Waals surface area contributed by atoms with Gasteiger partial charge in [0.1, 0.15) is 0 Å². The Bertz CT molecular complexity index is 450. The third-order valence-electron chi connectivity index (χ3n) is 3.76. The molecule has 98 valence electrons. The highest BCUT2D eigenvalue weighted by Crippen LogP contribution is 2.42. The van der Waals surface area contributed by atoms with Crippen molar-refractivity contribution in [2.24, 2.45) is 0 Å². The van der Waals surface area contributed by atoms with Crippen LogP contribution in [0.4, 0.5) is 5.69 Å². The van der Waals surface area contributed by atoms with E-state index in [-0.39, 0.29) is 10.7 Å². The van der Waals surface area contributed by atoms with Gasteiger partial charge < -0.3 is 11.1 Å². The molecule has 1 aromatic rings. The van der Waals surface area contributed by atoms with E-state index >= 15 is 0 Å². The first-order valence-corrected chi connectivity index (χ1v) is 7.48. The van der Waals surface area contributed by atoms with Crippen LogP contribution < -0.4 is 11.1 Å². The van der Waals surface area contributed by atoms with Gasteiger partial charge in [0, 0.05) is 22.5 Å². The van der Waals surface area contributed by atoms with Crippen molar-refractivity contribution < 1.29 is 4.79 Å². The molecule has 0 radical (unpaired) electrons. The highest BCUT2D eigenvalue weighted by molar-refractivity contribution is 8.00. The van der Waals surface area contributed by atoms with Crippen molar-refractivity contribution in [2.75, 3.05) is 18.5 Å². The number of rotatable bonds is 4. The average molecular weight is 264 g/mol. The molecule has 1 aliphatic carbocycles. The summed E-state index contributed by atoms with van der Waals surface area (Å²) >= 11 is 1.87. The molecular formula is C14H20N2OS. The summed E-state index contributed by atoms with van der Waals surface area (Å²) < 4.78 is 0.275. The van der Waals surface area contributed by atoms with Gasteiger partial charge in [-0.05, 0) is 49.8 Å². The van der Waals surface area contributed by atoms with Crippen LogP contribution in [0.1, 0.15) is 35.2 Å². The smallest absolute Gasteiger partial charge is 0.251 e. The molecule has 1 aliphatic rings. The highest BCUT2D eigenvalue weighted by atomic mass is 32.2. The second kappa shape index (κ2) is 5.22. The van der Waals surface area contributed by atoms with Crippen LogP contribution >= 0.6 is 11.8 Å². The Labute approximate surface area is 113 Å². The van der Waals surface area contributed by atoms with Crippen LogP contribution in [-0.4, -0.2) is 23.5 Å². The highest BCUT2D eigenvalue weighted by Gasteiger charge is 2.36. The SMILES string of the molecule is CSC1(CNC(=O)c2ccc(N)cc2C)CCC1. The maximum Gasteiger partial charge on any atom is 0.251 e. The van der Waals surface area contributed by atoms with Gasteiger partial charge in [0.15, 0.2) is 0 Å². The lowest BCUT2D eigenvalue weighted by Gasteiger charge is -2.40. The van der Waals surface area contributed by atoms with Crippen molar-refractivity contribution in [1.82, 2.24) is 5.32 Å². The Hall–Kier alpha value is -1.16. The van der Waals surface area contributed by atoms with Crippen LogP contribution in [0.15, 0.2) is 18.2 Å². The maximum absolute atomic E-state index is 12.1. The Kier molecular flexibility index (Phi) is 3.85. The minimum Gasteiger partial charge on any atom is -0.399 e. The van der Waals surface area contributed by atoms with E-state index in [1.165, 1.54) is 19.3 Å². The van der Waals surface area contributed by atoms with Gasteiger partial charge in [0.2, 0.25) is 0 Å². The Morgan fingerprint density at radius 1 is 1.50 bits per heavy atom. The fourth-order valence-electron chi connectivity index (χ4n) is 2.30. The molecule has 3 N–H and O–H groups in total. The molecule has 4 heteroatoms. The summed E-state index contributed by atoms with van der Waals surface area (Å²) in [4.78, 5) is 12.1. The molecule has 1 fully saturated rings. The largest absolute Gasteiger partial charge is 0.399 e. The number of carbonyl (C=O) groups excluding carboxylic acids is 1. The number of thioether (sulfide) groups is 1. The first-order valence-electron chi connectivity index (χ1n) is 6.26. The molecular weight excluding hydrogens is 244 g/mol. The molecule has 0 spiro atoms. The molecule has 0 atom stereocenters. The standard InChI is InChI=1S/C14H20N2OS/c1-10-8-11(15)4-5-12(10)13(17)16-9-14(18-2)6-3-7-14/h4-5,8H,3,6-7,9,15H2,1-2H3,(H,16,17). The number of carbonyl (C=O) groups is 1. The van der Waals surface area contributed by atoms with Crippen LogP contribution in [0.3, 0.4) is 0 Å². The van der Waals surface area contributed by atoms with Crippen molar-refractivity contribution in [3.8, 4) is 0 Å². The summed E-state index contributed by atoms with van der Waals surface area (Å²) in [6, 6.07) is 5.41. The summed E-state index contributed by atoms with van der Waals surface area (Å²) in [5, 5.41) is 3.05. The molecule has 3 nitrogen and oxygen atoms in total. The minimum absolute atomic E-state index is 0.00725. The van der Waals surface area contributed by atoms with E-state index in [9.17, 15) is 4.79 Å². The summed E-state index contributed by atoms with van der Waals surface area (Å²) in [5.74, 6) is 0.00725. The predicted octanol–water partition coefficient (Wildman–Crippen LogP) is 2.59. The van der Waals surface area contributed by atoms with E-state index in [2.05, 4.69) is 11.6 Å². The summed E-state index contributed by atoms with van der Waals surface area (Å²) in [6.07, 6.45) is 5.81. The average Bonchev–Trinajstić information content (AvgIpc) is 2.27. The van der Waals surface area contributed by atoms with Gasteiger partial charge in [0.25, 0.3) is 5.91 Å². The van der Waals surface area contributed by atoms with Crippen molar-refractivity contribution in [1.29, 1.82) is 0 Å². The van der Waals surface area contributed by atoms with E-state index in [0.29, 0.717) is 5.69 Å². The molecule has 2 rings (SSSR count). The third-order valence-corrected chi connectivity index (χ3v) is 5.18. The summed E-state index contributed by atoms with van der Waals surface area (Å²) in [6.45, 7) is 2.68. The predicted molar refractivity (Wildman–Crippen MR) is 78.0 cm³/mol. The van der Waals surface area contributed by atoms with Crippen LogP contribution in [0.5, 0.6) is 0 Å². The quantitative estimate of drug-likeness (QED) is 0.822. The molecule has 0 heterocycles. The van der Waals surface area contributed by atoms with E-state index < -0.39 is 0 Å². The molecule has 0 bridgehead atoms. The number of aryl methyl sites for hydroxylation is 1. The number of anilines is 1. The van der Waals surface area contributed by atoms with Crippen LogP contribution in [-0.2, 0) is 0 Å².